The summed E-state index contributed by atoms with van der Waals surface area (Å²) >= 11 is 0. The summed E-state index contributed by atoms with van der Waals surface area (Å²) in [5.74, 6) is 6.39. The summed E-state index contributed by atoms with van der Waals surface area (Å²) in [5.41, 5.74) is 1.38. The lowest BCUT2D eigenvalue weighted by atomic mass is 10.0. The Labute approximate surface area is 128 Å². The molecule has 0 aromatic heterocycles. The maximum absolute atomic E-state index is 12.7. The van der Waals surface area contributed by atoms with Crippen molar-refractivity contribution < 1.29 is 9.90 Å². The van der Waals surface area contributed by atoms with Crippen LogP contribution < -0.4 is 0 Å². The van der Waals surface area contributed by atoms with Gasteiger partial charge in [0.05, 0.1) is 12.2 Å². The van der Waals surface area contributed by atoms with Crippen molar-refractivity contribution in [3.05, 3.63) is 35.4 Å². The molecule has 0 aliphatic heterocycles. The van der Waals surface area contributed by atoms with Gasteiger partial charge in [-0.1, -0.05) is 44.2 Å². The SMILES string of the molecule is CCC(C)CN(CC)C(=O)c1ccccc1C#CCCO. The normalized spacial score (nSPS) is 11.4. The van der Waals surface area contributed by atoms with Crippen LogP contribution >= 0.6 is 0 Å². The predicted molar refractivity (Wildman–Crippen MR) is 86.1 cm³/mol. The molecule has 0 fully saturated rings. The van der Waals surface area contributed by atoms with Gasteiger partial charge in [-0.05, 0) is 25.0 Å². The fourth-order valence-corrected chi connectivity index (χ4v) is 2.02. The van der Waals surface area contributed by atoms with E-state index in [4.69, 9.17) is 5.11 Å². The molecule has 0 saturated heterocycles. The second-order valence-corrected chi connectivity index (χ2v) is 5.18. The monoisotopic (exact) mass is 287 g/mol. The van der Waals surface area contributed by atoms with Gasteiger partial charge in [0.15, 0.2) is 0 Å². The van der Waals surface area contributed by atoms with Crippen LogP contribution in [0.5, 0.6) is 0 Å². The van der Waals surface area contributed by atoms with Crippen LogP contribution in [0.3, 0.4) is 0 Å². The summed E-state index contributed by atoms with van der Waals surface area (Å²) in [7, 11) is 0. The summed E-state index contributed by atoms with van der Waals surface area (Å²) in [6.07, 6.45) is 1.48. The maximum atomic E-state index is 12.7. The van der Waals surface area contributed by atoms with E-state index >= 15 is 0 Å². The molecule has 21 heavy (non-hydrogen) atoms. The van der Waals surface area contributed by atoms with Crippen molar-refractivity contribution in [1.29, 1.82) is 0 Å². The minimum atomic E-state index is 0.0340. The topological polar surface area (TPSA) is 40.5 Å². The minimum absolute atomic E-state index is 0.0340. The number of aliphatic hydroxyl groups is 1. The van der Waals surface area contributed by atoms with Gasteiger partial charge in [-0.3, -0.25) is 4.79 Å². The Morgan fingerprint density at radius 1 is 1.33 bits per heavy atom. The lowest BCUT2D eigenvalue weighted by Crippen LogP contribution is -2.34. The number of nitrogens with zero attached hydrogens (tertiary/aromatic N) is 1. The lowest BCUT2D eigenvalue weighted by molar-refractivity contribution is 0.0740. The van der Waals surface area contributed by atoms with E-state index in [1.54, 1.807) is 0 Å². The average Bonchev–Trinajstić information content (AvgIpc) is 2.52. The standard InChI is InChI=1S/C18H25NO2/c1-4-15(3)14-19(5-2)18(21)17-12-7-6-10-16(17)11-8-9-13-20/h6-7,10,12,15,20H,4-5,9,13-14H2,1-3H3. The summed E-state index contributed by atoms with van der Waals surface area (Å²) < 4.78 is 0. The zero-order valence-corrected chi connectivity index (χ0v) is 13.2. The van der Waals surface area contributed by atoms with E-state index in [9.17, 15) is 4.79 Å². The summed E-state index contributed by atoms with van der Waals surface area (Å²) in [6, 6.07) is 7.42. The minimum Gasteiger partial charge on any atom is -0.395 e. The molecule has 1 aromatic carbocycles. The van der Waals surface area contributed by atoms with Crippen LogP contribution in [-0.2, 0) is 0 Å². The molecule has 1 amide bonds. The Bertz CT molecular complexity index is 513. The summed E-state index contributed by atoms with van der Waals surface area (Å²) in [5, 5.41) is 8.80. The molecule has 3 heteroatoms. The number of carbonyl (C=O) groups is 1. The Hall–Kier alpha value is -1.79. The Morgan fingerprint density at radius 2 is 2.05 bits per heavy atom. The van der Waals surface area contributed by atoms with Crippen molar-refractivity contribution in [3.63, 3.8) is 0 Å². The van der Waals surface area contributed by atoms with E-state index in [-0.39, 0.29) is 12.5 Å². The van der Waals surface area contributed by atoms with Crippen molar-refractivity contribution in [1.82, 2.24) is 4.90 Å². The molecule has 0 aliphatic carbocycles. The molecular formula is C18H25NO2. The molecule has 3 nitrogen and oxygen atoms in total. The van der Waals surface area contributed by atoms with E-state index in [0.29, 0.717) is 24.4 Å². The van der Waals surface area contributed by atoms with Crippen molar-refractivity contribution >= 4 is 5.91 Å². The third-order valence-corrected chi connectivity index (χ3v) is 3.52. The van der Waals surface area contributed by atoms with Crippen LogP contribution in [0.15, 0.2) is 24.3 Å². The highest BCUT2D eigenvalue weighted by Gasteiger charge is 2.18. The molecule has 1 unspecified atom stereocenters. The first kappa shape index (κ1) is 17.3. The van der Waals surface area contributed by atoms with Crippen molar-refractivity contribution in [2.45, 2.75) is 33.6 Å². The van der Waals surface area contributed by atoms with Gasteiger partial charge in [-0.15, -0.1) is 0 Å². The van der Waals surface area contributed by atoms with Gasteiger partial charge in [0, 0.05) is 25.1 Å². The van der Waals surface area contributed by atoms with Gasteiger partial charge in [0.25, 0.3) is 5.91 Å². The van der Waals surface area contributed by atoms with Crippen molar-refractivity contribution in [2.75, 3.05) is 19.7 Å². The number of benzene rings is 1. The largest absolute Gasteiger partial charge is 0.395 e. The molecule has 0 spiro atoms. The second-order valence-electron chi connectivity index (χ2n) is 5.18. The Balaban J connectivity index is 2.98. The quantitative estimate of drug-likeness (QED) is 0.817. The maximum Gasteiger partial charge on any atom is 0.255 e. The van der Waals surface area contributed by atoms with E-state index in [1.165, 1.54) is 0 Å². The molecule has 1 N–H and O–H groups in total. The summed E-state index contributed by atoms with van der Waals surface area (Å²) in [4.78, 5) is 14.6. The Kier molecular flexibility index (Phi) is 7.56. The highest BCUT2D eigenvalue weighted by Crippen LogP contribution is 2.13. The van der Waals surface area contributed by atoms with Crippen LogP contribution in [0.25, 0.3) is 0 Å². The van der Waals surface area contributed by atoms with E-state index in [2.05, 4.69) is 25.7 Å². The van der Waals surface area contributed by atoms with Crippen LogP contribution in [0.2, 0.25) is 0 Å². The molecule has 1 rings (SSSR count). The molecule has 0 heterocycles. The third kappa shape index (κ3) is 5.24. The van der Waals surface area contributed by atoms with Gasteiger partial charge in [-0.25, -0.2) is 0 Å². The molecule has 1 aromatic rings. The van der Waals surface area contributed by atoms with Crippen LogP contribution in [0, 0.1) is 17.8 Å². The zero-order chi connectivity index (χ0) is 15.7. The summed E-state index contributed by atoms with van der Waals surface area (Å²) in [6.45, 7) is 7.80. The fraction of sp³-hybridized carbons (Fsp3) is 0.500. The smallest absolute Gasteiger partial charge is 0.255 e. The van der Waals surface area contributed by atoms with Gasteiger partial charge >= 0.3 is 0 Å². The molecule has 114 valence electrons. The first-order valence-corrected chi connectivity index (χ1v) is 7.62. The highest BCUT2D eigenvalue weighted by molar-refractivity contribution is 5.96. The highest BCUT2D eigenvalue weighted by atomic mass is 16.2. The number of hydrogen-bond donors (Lipinski definition) is 1. The van der Waals surface area contributed by atoms with Crippen LogP contribution in [0.1, 0.15) is 49.5 Å². The molecule has 0 saturated carbocycles. The third-order valence-electron chi connectivity index (χ3n) is 3.52. The van der Waals surface area contributed by atoms with Crippen molar-refractivity contribution in [3.8, 4) is 11.8 Å². The average molecular weight is 287 g/mol. The van der Waals surface area contributed by atoms with Gasteiger partial charge in [0.1, 0.15) is 0 Å². The number of rotatable bonds is 6. The van der Waals surface area contributed by atoms with E-state index in [0.717, 1.165) is 18.5 Å². The Morgan fingerprint density at radius 3 is 2.67 bits per heavy atom. The number of carbonyl (C=O) groups excluding carboxylic acids is 1. The number of aliphatic hydroxyl groups excluding tert-OH is 1. The van der Waals surface area contributed by atoms with Crippen molar-refractivity contribution in [2.24, 2.45) is 5.92 Å². The molecular weight excluding hydrogens is 262 g/mol. The predicted octanol–water partition coefficient (Wildman–Crippen LogP) is 2.93. The number of hydrogen-bond acceptors (Lipinski definition) is 2. The molecule has 0 radical (unpaired) electrons. The van der Waals surface area contributed by atoms with Gasteiger partial charge in [-0.2, -0.15) is 0 Å². The van der Waals surface area contributed by atoms with E-state index in [1.807, 2.05) is 36.1 Å². The second kappa shape index (κ2) is 9.20. The lowest BCUT2D eigenvalue weighted by Gasteiger charge is -2.24. The molecule has 0 aliphatic rings. The molecule has 0 bridgehead atoms. The number of amides is 1. The van der Waals surface area contributed by atoms with Gasteiger partial charge in [0.2, 0.25) is 0 Å². The van der Waals surface area contributed by atoms with E-state index < -0.39 is 0 Å². The van der Waals surface area contributed by atoms with Crippen LogP contribution in [0.4, 0.5) is 0 Å². The first-order chi connectivity index (χ1) is 10.1. The van der Waals surface area contributed by atoms with Gasteiger partial charge < -0.3 is 10.0 Å². The first-order valence-electron chi connectivity index (χ1n) is 7.62. The molecule has 1 atom stereocenters. The zero-order valence-electron chi connectivity index (χ0n) is 13.2. The fourth-order valence-electron chi connectivity index (χ4n) is 2.02. The van der Waals surface area contributed by atoms with Crippen LogP contribution in [-0.4, -0.2) is 35.6 Å².